The van der Waals surface area contributed by atoms with Gasteiger partial charge in [0.1, 0.15) is 5.82 Å². The third-order valence-corrected chi connectivity index (χ3v) is 4.53. The van der Waals surface area contributed by atoms with Crippen LogP contribution >= 0.6 is 35.0 Å². The van der Waals surface area contributed by atoms with Gasteiger partial charge in [0.2, 0.25) is 0 Å². The van der Waals surface area contributed by atoms with Crippen molar-refractivity contribution in [1.29, 1.82) is 0 Å². The standard InChI is InChI=1S/C15H11Cl2FOS/c1-9(15(19)10-2-4-11(18)5-3-10)20-12-6-7-13(16)14(17)8-12/h2-9H,1H3. The maximum atomic E-state index is 12.8. The highest BCUT2D eigenvalue weighted by atomic mass is 35.5. The van der Waals surface area contributed by atoms with E-state index >= 15 is 0 Å². The molecule has 2 aromatic carbocycles. The van der Waals surface area contributed by atoms with E-state index in [1.165, 1.54) is 36.0 Å². The first-order valence-electron chi connectivity index (χ1n) is 5.89. The second-order valence-corrected chi connectivity index (χ2v) is 6.44. The zero-order valence-electron chi connectivity index (χ0n) is 10.6. The van der Waals surface area contributed by atoms with Crippen LogP contribution in [-0.4, -0.2) is 11.0 Å². The summed E-state index contributed by atoms with van der Waals surface area (Å²) in [4.78, 5) is 13.1. The second kappa shape index (κ2) is 6.61. The maximum absolute atomic E-state index is 12.8. The van der Waals surface area contributed by atoms with Gasteiger partial charge in [0.25, 0.3) is 0 Å². The van der Waals surface area contributed by atoms with Crippen LogP contribution in [0.4, 0.5) is 4.39 Å². The Hall–Kier alpha value is -1.03. The first kappa shape index (κ1) is 15.4. The summed E-state index contributed by atoms with van der Waals surface area (Å²) in [7, 11) is 0. The molecule has 1 atom stereocenters. The van der Waals surface area contributed by atoms with E-state index in [4.69, 9.17) is 23.2 Å². The Bertz CT molecular complexity index is 628. The fourth-order valence-corrected chi connectivity index (χ4v) is 3.00. The molecule has 1 unspecified atom stereocenters. The normalized spacial score (nSPS) is 12.2. The molecule has 0 aromatic heterocycles. The predicted molar refractivity (Wildman–Crippen MR) is 82.5 cm³/mol. The molecule has 0 saturated heterocycles. The lowest BCUT2D eigenvalue weighted by molar-refractivity contribution is 0.0994. The SMILES string of the molecule is CC(Sc1ccc(Cl)c(Cl)c1)C(=O)c1ccc(F)cc1. The Morgan fingerprint density at radius 2 is 1.75 bits per heavy atom. The van der Waals surface area contributed by atoms with E-state index in [-0.39, 0.29) is 16.9 Å². The number of hydrogen-bond acceptors (Lipinski definition) is 2. The molecule has 0 N–H and O–H groups in total. The monoisotopic (exact) mass is 328 g/mol. The van der Waals surface area contributed by atoms with Gasteiger partial charge in [-0.1, -0.05) is 23.2 Å². The van der Waals surface area contributed by atoms with E-state index < -0.39 is 0 Å². The molecule has 20 heavy (non-hydrogen) atoms. The van der Waals surface area contributed by atoms with Gasteiger partial charge >= 0.3 is 0 Å². The lowest BCUT2D eigenvalue weighted by Crippen LogP contribution is -2.13. The molecule has 2 aromatic rings. The van der Waals surface area contributed by atoms with Crippen molar-refractivity contribution < 1.29 is 9.18 Å². The third kappa shape index (κ3) is 3.75. The molecule has 0 aliphatic rings. The van der Waals surface area contributed by atoms with E-state index in [0.717, 1.165) is 4.90 Å². The van der Waals surface area contributed by atoms with Crippen molar-refractivity contribution in [3.63, 3.8) is 0 Å². The molecule has 104 valence electrons. The van der Waals surface area contributed by atoms with Gasteiger partial charge in [-0.2, -0.15) is 0 Å². The molecule has 0 radical (unpaired) electrons. The Labute approximate surface area is 131 Å². The molecule has 2 rings (SSSR count). The van der Waals surface area contributed by atoms with E-state index in [1.54, 1.807) is 19.1 Å². The van der Waals surface area contributed by atoms with E-state index in [9.17, 15) is 9.18 Å². The smallest absolute Gasteiger partial charge is 0.175 e. The lowest BCUT2D eigenvalue weighted by atomic mass is 10.1. The number of carbonyl (C=O) groups is 1. The van der Waals surface area contributed by atoms with Gasteiger partial charge in [-0.3, -0.25) is 4.79 Å². The summed E-state index contributed by atoms with van der Waals surface area (Å²) in [6.45, 7) is 1.80. The molecular weight excluding hydrogens is 318 g/mol. The van der Waals surface area contributed by atoms with Crippen LogP contribution in [0.25, 0.3) is 0 Å². The zero-order chi connectivity index (χ0) is 14.7. The molecule has 0 bridgehead atoms. The number of thioether (sulfide) groups is 1. The Kier molecular flexibility index (Phi) is 5.08. The van der Waals surface area contributed by atoms with E-state index in [1.807, 2.05) is 6.07 Å². The number of halogens is 3. The van der Waals surface area contributed by atoms with Gasteiger partial charge in [0, 0.05) is 10.5 Å². The summed E-state index contributed by atoms with van der Waals surface area (Å²) in [5.74, 6) is -0.410. The third-order valence-electron chi connectivity index (χ3n) is 2.70. The molecule has 0 fully saturated rings. The summed E-state index contributed by atoms with van der Waals surface area (Å²) >= 11 is 13.2. The minimum Gasteiger partial charge on any atom is -0.293 e. The van der Waals surface area contributed by atoms with Gasteiger partial charge < -0.3 is 0 Å². The number of ketones is 1. The van der Waals surface area contributed by atoms with E-state index in [0.29, 0.717) is 15.6 Å². The van der Waals surface area contributed by atoms with Crippen LogP contribution in [0, 0.1) is 5.82 Å². The van der Waals surface area contributed by atoms with Gasteiger partial charge in [0.15, 0.2) is 5.78 Å². The fraction of sp³-hybridized carbons (Fsp3) is 0.133. The molecule has 0 heterocycles. The number of Topliss-reactive ketones (excluding diaryl/α,β-unsaturated/α-hetero) is 1. The van der Waals surface area contributed by atoms with Crippen LogP contribution in [0.15, 0.2) is 47.4 Å². The molecule has 0 amide bonds. The predicted octanol–water partition coefficient (Wildman–Crippen LogP) is 5.50. The van der Waals surface area contributed by atoms with Crippen molar-refractivity contribution >= 4 is 40.7 Å². The largest absolute Gasteiger partial charge is 0.293 e. The van der Waals surface area contributed by atoms with Gasteiger partial charge in [-0.25, -0.2) is 4.39 Å². The number of hydrogen-bond donors (Lipinski definition) is 0. The Balaban J connectivity index is 2.11. The number of rotatable bonds is 4. The Morgan fingerprint density at radius 1 is 1.10 bits per heavy atom. The molecular formula is C15H11Cl2FOS. The van der Waals surface area contributed by atoms with E-state index in [2.05, 4.69) is 0 Å². The zero-order valence-corrected chi connectivity index (χ0v) is 12.9. The summed E-state index contributed by atoms with van der Waals surface area (Å²) in [6, 6.07) is 10.8. The maximum Gasteiger partial charge on any atom is 0.175 e. The average Bonchev–Trinajstić information content (AvgIpc) is 2.43. The molecule has 0 aliphatic carbocycles. The minimum absolute atomic E-state index is 0.0546. The van der Waals surface area contributed by atoms with Crippen LogP contribution in [0.2, 0.25) is 10.0 Å². The molecule has 0 aliphatic heterocycles. The first-order chi connectivity index (χ1) is 9.47. The summed E-state index contributed by atoms with van der Waals surface area (Å²) in [5, 5.41) is 0.643. The topological polar surface area (TPSA) is 17.1 Å². The highest BCUT2D eigenvalue weighted by Gasteiger charge is 2.17. The highest BCUT2D eigenvalue weighted by Crippen LogP contribution is 2.31. The van der Waals surface area contributed by atoms with Crippen LogP contribution in [0.3, 0.4) is 0 Å². The Morgan fingerprint density at radius 3 is 2.35 bits per heavy atom. The van der Waals surface area contributed by atoms with Gasteiger partial charge in [-0.15, -0.1) is 11.8 Å². The van der Waals surface area contributed by atoms with Crippen molar-refractivity contribution in [2.75, 3.05) is 0 Å². The summed E-state index contributed by atoms with van der Waals surface area (Å²) in [6.07, 6.45) is 0. The van der Waals surface area contributed by atoms with Crippen LogP contribution in [0.1, 0.15) is 17.3 Å². The average molecular weight is 329 g/mol. The van der Waals surface area contributed by atoms with Crippen molar-refractivity contribution in [2.24, 2.45) is 0 Å². The van der Waals surface area contributed by atoms with Crippen LogP contribution in [-0.2, 0) is 0 Å². The molecule has 0 spiro atoms. The fourth-order valence-electron chi connectivity index (χ4n) is 1.66. The quantitative estimate of drug-likeness (QED) is 0.544. The number of carbonyl (C=O) groups excluding carboxylic acids is 1. The van der Waals surface area contributed by atoms with Gasteiger partial charge in [-0.05, 0) is 49.4 Å². The van der Waals surface area contributed by atoms with Crippen molar-refractivity contribution in [2.45, 2.75) is 17.1 Å². The van der Waals surface area contributed by atoms with Crippen LogP contribution in [0.5, 0.6) is 0 Å². The highest BCUT2D eigenvalue weighted by molar-refractivity contribution is 8.00. The lowest BCUT2D eigenvalue weighted by Gasteiger charge is -2.11. The summed E-state index contributed by atoms with van der Waals surface area (Å²) in [5.41, 5.74) is 0.492. The molecule has 0 saturated carbocycles. The van der Waals surface area contributed by atoms with Gasteiger partial charge in [0.05, 0.1) is 15.3 Å². The van der Waals surface area contributed by atoms with Crippen molar-refractivity contribution in [3.8, 4) is 0 Å². The second-order valence-electron chi connectivity index (χ2n) is 4.21. The number of benzene rings is 2. The first-order valence-corrected chi connectivity index (χ1v) is 7.52. The molecule has 1 nitrogen and oxygen atoms in total. The minimum atomic E-state index is -0.355. The van der Waals surface area contributed by atoms with Crippen molar-refractivity contribution in [1.82, 2.24) is 0 Å². The van der Waals surface area contributed by atoms with Crippen molar-refractivity contribution in [3.05, 3.63) is 63.9 Å². The molecule has 5 heteroatoms. The summed E-state index contributed by atoms with van der Waals surface area (Å²) < 4.78 is 12.8. The van der Waals surface area contributed by atoms with Crippen LogP contribution < -0.4 is 0 Å².